The zero-order valence-corrected chi connectivity index (χ0v) is 10.1. The summed E-state index contributed by atoms with van der Waals surface area (Å²) in [6.45, 7) is 2.73. The molecule has 3 N–H and O–H groups in total. The maximum absolute atomic E-state index is 11.4. The van der Waals surface area contributed by atoms with Crippen molar-refractivity contribution in [2.45, 2.75) is 13.5 Å². The molecule has 0 unspecified atom stereocenters. The lowest BCUT2D eigenvalue weighted by Gasteiger charge is -2.06. The zero-order chi connectivity index (χ0) is 13.0. The maximum Gasteiger partial charge on any atom is 0.268 e. The highest BCUT2D eigenvalue weighted by Gasteiger charge is 2.05. The van der Waals surface area contributed by atoms with Crippen LogP contribution in [0.2, 0.25) is 0 Å². The van der Waals surface area contributed by atoms with Crippen LogP contribution in [0, 0.1) is 0 Å². The van der Waals surface area contributed by atoms with Crippen LogP contribution in [-0.2, 0) is 6.54 Å². The van der Waals surface area contributed by atoms with Gasteiger partial charge in [-0.2, -0.15) is 5.10 Å². The Morgan fingerprint density at radius 1 is 1.39 bits per heavy atom. The first kappa shape index (κ1) is 12.3. The van der Waals surface area contributed by atoms with Crippen molar-refractivity contribution in [3.8, 4) is 17.0 Å². The number of hydrogen-bond acceptors (Lipinski definition) is 4. The molecule has 0 aliphatic rings. The number of rotatable bonds is 4. The van der Waals surface area contributed by atoms with Gasteiger partial charge in [-0.3, -0.25) is 4.79 Å². The second-order valence-electron chi connectivity index (χ2n) is 3.77. The molecule has 18 heavy (non-hydrogen) atoms. The fourth-order valence-electron chi connectivity index (χ4n) is 1.66. The molecule has 1 heterocycles. The van der Waals surface area contributed by atoms with E-state index >= 15 is 0 Å². The van der Waals surface area contributed by atoms with Gasteiger partial charge in [-0.05, 0) is 25.1 Å². The van der Waals surface area contributed by atoms with Gasteiger partial charge in [-0.25, -0.2) is 5.10 Å². The first-order chi connectivity index (χ1) is 8.74. The molecular weight excluding hydrogens is 230 g/mol. The maximum atomic E-state index is 11.4. The predicted molar refractivity (Wildman–Crippen MR) is 69.4 cm³/mol. The molecule has 5 nitrogen and oxygen atoms in total. The molecule has 0 saturated heterocycles. The van der Waals surface area contributed by atoms with Gasteiger partial charge in [0.05, 0.1) is 12.3 Å². The van der Waals surface area contributed by atoms with Crippen LogP contribution in [0.3, 0.4) is 0 Å². The Balaban J connectivity index is 2.41. The highest BCUT2D eigenvalue weighted by atomic mass is 16.5. The molecular formula is C13H15N3O2. The van der Waals surface area contributed by atoms with Crippen LogP contribution >= 0.6 is 0 Å². The summed E-state index contributed by atoms with van der Waals surface area (Å²) in [6, 6.07) is 9.25. The highest BCUT2D eigenvalue weighted by molar-refractivity contribution is 5.61. The van der Waals surface area contributed by atoms with Crippen molar-refractivity contribution in [1.82, 2.24) is 10.2 Å². The van der Waals surface area contributed by atoms with Crippen LogP contribution in [0.4, 0.5) is 0 Å². The van der Waals surface area contributed by atoms with Gasteiger partial charge in [0.25, 0.3) is 5.56 Å². The number of aromatic nitrogens is 2. The Morgan fingerprint density at radius 3 is 2.94 bits per heavy atom. The van der Waals surface area contributed by atoms with Crippen molar-refractivity contribution < 1.29 is 4.74 Å². The third-order valence-corrected chi connectivity index (χ3v) is 2.54. The van der Waals surface area contributed by atoms with E-state index in [1.165, 1.54) is 0 Å². The van der Waals surface area contributed by atoms with Gasteiger partial charge in [0.15, 0.2) is 0 Å². The molecule has 1 aromatic heterocycles. The summed E-state index contributed by atoms with van der Waals surface area (Å²) >= 11 is 0. The SMILES string of the molecule is CCOc1cccc(-c2cc(CN)c(=O)[nH]n2)c1. The average Bonchev–Trinajstić information content (AvgIpc) is 2.40. The van der Waals surface area contributed by atoms with E-state index in [9.17, 15) is 4.79 Å². The normalized spacial score (nSPS) is 10.3. The summed E-state index contributed by atoms with van der Waals surface area (Å²) in [5.41, 5.74) is 7.33. The summed E-state index contributed by atoms with van der Waals surface area (Å²) in [6.07, 6.45) is 0. The van der Waals surface area contributed by atoms with Gasteiger partial charge < -0.3 is 10.5 Å². The number of hydrogen-bond donors (Lipinski definition) is 2. The topological polar surface area (TPSA) is 81.0 Å². The molecule has 0 aliphatic heterocycles. The number of H-pyrrole nitrogens is 1. The molecule has 0 fully saturated rings. The van der Waals surface area contributed by atoms with E-state index in [0.29, 0.717) is 17.9 Å². The molecule has 0 aliphatic carbocycles. The summed E-state index contributed by atoms with van der Waals surface area (Å²) < 4.78 is 5.42. The van der Waals surface area contributed by atoms with Crippen molar-refractivity contribution >= 4 is 0 Å². The van der Waals surface area contributed by atoms with Gasteiger partial charge in [0.1, 0.15) is 5.75 Å². The van der Waals surface area contributed by atoms with E-state index in [1.807, 2.05) is 31.2 Å². The molecule has 2 rings (SSSR count). The first-order valence-electron chi connectivity index (χ1n) is 5.76. The molecule has 0 radical (unpaired) electrons. The first-order valence-corrected chi connectivity index (χ1v) is 5.76. The Hall–Kier alpha value is -2.14. The fraction of sp³-hybridized carbons (Fsp3) is 0.231. The van der Waals surface area contributed by atoms with Gasteiger partial charge in [0, 0.05) is 17.7 Å². The summed E-state index contributed by atoms with van der Waals surface area (Å²) in [7, 11) is 0. The van der Waals surface area contributed by atoms with E-state index in [0.717, 1.165) is 11.3 Å². The van der Waals surface area contributed by atoms with Gasteiger partial charge in [0.2, 0.25) is 0 Å². The molecule has 0 spiro atoms. The van der Waals surface area contributed by atoms with Gasteiger partial charge >= 0.3 is 0 Å². The number of ether oxygens (including phenoxy) is 1. The Kier molecular flexibility index (Phi) is 3.74. The minimum Gasteiger partial charge on any atom is -0.494 e. The fourth-order valence-corrected chi connectivity index (χ4v) is 1.66. The lowest BCUT2D eigenvalue weighted by atomic mass is 10.1. The monoisotopic (exact) mass is 245 g/mol. The molecule has 0 saturated carbocycles. The van der Waals surface area contributed by atoms with Crippen LogP contribution in [0.1, 0.15) is 12.5 Å². The quantitative estimate of drug-likeness (QED) is 0.850. The predicted octanol–water partition coefficient (Wildman–Crippen LogP) is 1.29. The number of nitrogens with one attached hydrogen (secondary N) is 1. The molecule has 0 bridgehead atoms. The van der Waals surface area contributed by atoms with Crippen LogP contribution in [0.25, 0.3) is 11.3 Å². The van der Waals surface area contributed by atoms with E-state index in [1.54, 1.807) is 6.07 Å². The minimum absolute atomic E-state index is 0.190. The molecule has 94 valence electrons. The molecule has 0 atom stereocenters. The van der Waals surface area contributed by atoms with Crippen molar-refractivity contribution in [3.05, 3.63) is 46.2 Å². The van der Waals surface area contributed by atoms with Gasteiger partial charge in [-0.1, -0.05) is 12.1 Å². The Bertz CT molecular complexity index is 593. The largest absolute Gasteiger partial charge is 0.494 e. The molecule has 0 amide bonds. The summed E-state index contributed by atoms with van der Waals surface area (Å²) in [4.78, 5) is 11.4. The van der Waals surface area contributed by atoms with E-state index in [-0.39, 0.29) is 12.1 Å². The van der Waals surface area contributed by atoms with Gasteiger partial charge in [-0.15, -0.1) is 0 Å². The van der Waals surface area contributed by atoms with Crippen LogP contribution in [0.5, 0.6) is 5.75 Å². The second-order valence-corrected chi connectivity index (χ2v) is 3.77. The number of nitrogens with two attached hydrogens (primary N) is 1. The van der Waals surface area contributed by atoms with Crippen LogP contribution in [0.15, 0.2) is 35.1 Å². The molecule has 5 heteroatoms. The molecule has 1 aromatic carbocycles. The smallest absolute Gasteiger partial charge is 0.268 e. The van der Waals surface area contributed by atoms with Crippen molar-refractivity contribution in [2.24, 2.45) is 5.73 Å². The Labute approximate surface area is 105 Å². The third kappa shape index (κ3) is 2.57. The van der Waals surface area contributed by atoms with Crippen molar-refractivity contribution in [2.75, 3.05) is 6.61 Å². The average molecular weight is 245 g/mol. The zero-order valence-electron chi connectivity index (χ0n) is 10.1. The van der Waals surface area contributed by atoms with Crippen LogP contribution < -0.4 is 16.0 Å². The number of nitrogens with zero attached hydrogens (tertiary/aromatic N) is 1. The third-order valence-electron chi connectivity index (χ3n) is 2.54. The summed E-state index contributed by atoms with van der Waals surface area (Å²) in [5, 5.41) is 6.45. The molecule has 2 aromatic rings. The number of aromatic amines is 1. The lowest BCUT2D eigenvalue weighted by molar-refractivity contribution is 0.340. The standard InChI is InChI=1S/C13H15N3O2/c1-2-18-11-5-3-4-9(6-11)12-7-10(8-14)13(17)16-15-12/h3-7H,2,8,14H2,1H3,(H,16,17). The van der Waals surface area contributed by atoms with Crippen molar-refractivity contribution in [3.63, 3.8) is 0 Å². The van der Waals surface area contributed by atoms with E-state index in [2.05, 4.69) is 10.2 Å². The highest BCUT2D eigenvalue weighted by Crippen LogP contribution is 2.21. The van der Waals surface area contributed by atoms with Crippen molar-refractivity contribution in [1.29, 1.82) is 0 Å². The van der Waals surface area contributed by atoms with E-state index in [4.69, 9.17) is 10.5 Å². The minimum atomic E-state index is -0.248. The van der Waals surface area contributed by atoms with E-state index < -0.39 is 0 Å². The lowest BCUT2D eigenvalue weighted by Crippen LogP contribution is -2.17. The number of benzene rings is 1. The van der Waals surface area contributed by atoms with Crippen LogP contribution in [-0.4, -0.2) is 16.8 Å². The second kappa shape index (κ2) is 5.46. The summed E-state index contributed by atoms with van der Waals surface area (Å²) in [5.74, 6) is 0.775. The Morgan fingerprint density at radius 2 is 2.22 bits per heavy atom.